The molecule has 428 valence electrons. The summed E-state index contributed by atoms with van der Waals surface area (Å²) in [7, 11) is 0. The molecule has 0 aromatic rings. The number of allylic oxidation sites excluding steroid dienone is 12. The third-order valence-electron chi connectivity index (χ3n) is 13.9. The molecule has 74 heavy (non-hydrogen) atoms. The number of rotatable bonds is 58. The van der Waals surface area contributed by atoms with Crippen molar-refractivity contribution in [2.24, 2.45) is 0 Å². The smallest absolute Gasteiger partial charge is 0.306 e. The minimum atomic E-state index is -0.772. The predicted octanol–water partition coefficient (Wildman–Crippen LogP) is 21.7. The first kappa shape index (κ1) is 70.8. The van der Waals surface area contributed by atoms with E-state index in [1.165, 1.54) is 180 Å². The van der Waals surface area contributed by atoms with Crippen LogP contribution in [0.1, 0.15) is 323 Å². The van der Waals surface area contributed by atoms with Crippen LogP contribution in [0.25, 0.3) is 0 Å². The summed E-state index contributed by atoms with van der Waals surface area (Å²) in [5, 5.41) is 0. The van der Waals surface area contributed by atoms with Gasteiger partial charge in [-0.25, -0.2) is 0 Å². The van der Waals surface area contributed by atoms with Crippen LogP contribution in [-0.2, 0) is 28.6 Å². The van der Waals surface area contributed by atoms with Crippen molar-refractivity contribution in [1.82, 2.24) is 0 Å². The van der Waals surface area contributed by atoms with Crippen LogP contribution in [0.15, 0.2) is 72.9 Å². The number of carbonyl (C=O) groups is 3. The summed E-state index contributed by atoms with van der Waals surface area (Å²) in [5.74, 6) is -0.870. The Morgan fingerprint density at radius 1 is 0.284 bits per heavy atom. The first-order chi connectivity index (χ1) is 36.5. The molecule has 0 radical (unpaired) electrons. The summed E-state index contributed by atoms with van der Waals surface area (Å²) in [4.78, 5) is 38.0. The number of ether oxygens (including phenoxy) is 3. The molecule has 0 amide bonds. The molecule has 6 nitrogen and oxygen atoms in total. The number of carbonyl (C=O) groups excluding carboxylic acids is 3. The standard InChI is InChI=1S/C68H120O6/c1-4-7-10-13-16-19-22-23-24-25-26-27-28-29-30-31-32-33-34-35-36-37-38-39-40-41-42-43-44-45-47-49-52-55-58-61-67(70)73-64-65(63-72-66(69)60-57-54-51-48-21-18-15-12-9-6-3)74-68(71)62-59-56-53-50-46-20-17-14-11-8-5-2/h7,10,12,15-16,19,23-24,26-27,29-30,65H,4-6,8-9,11,13-14,17-18,20-22,25,28,31-64H2,1-3H3/b10-7-,15-12-,19-16-,24-23-,27-26-,30-29-. The first-order valence-corrected chi connectivity index (χ1v) is 31.9. The van der Waals surface area contributed by atoms with Crippen molar-refractivity contribution in [3.05, 3.63) is 72.9 Å². The van der Waals surface area contributed by atoms with E-state index in [0.29, 0.717) is 19.3 Å². The van der Waals surface area contributed by atoms with Gasteiger partial charge in [0, 0.05) is 19.3 Å². The van der Waals surface area contributed by atoms with Crippen LogP contribution in [0, 0.1) is 0 Å². The summed E-state index contributed by atoms with van der Waals surface area (Å²) in [5.41, 5.74) is 0. The molecular weight excluding hydrogens is 913 g/mol. The summed E-state index contributed by atoms with van der Waals surface area (Å²) < 4.78 is 16.8. The largest absolute Gasteiger partial charge is 0.462 e. The van der Waals surface area contributed by atoms with Gasteiger partial charge < -0.3 is 14.2 Å². The maximum Gasteiger partial charge on any atom is 0.306 e. The Labute approximate surface area is 459 Å². The number of hydrogen-bond acceptors (Lipinski definition) is 6. The molecule has 0 fully saturated rings. The zero-order chi connectivity index (χ0) is 53.6. The lowest BCUT2D eigenvalue weighted by atomic mass is 10.0. The molecule has 0 aromatic heterocycles. The second-order valence-corrected chi connectivity index (χ2v) is 21.3. The summed E-state index contributed by atoms with van der Waals surface area (Å²) >= 11 is 0. The zero-order valence-electron chi connectivity index (χ0n) is 49.1. The van der Waals surface area contributed by atoms with Crippen LogP contribution in [0.2, 0.25) is 0 Å². The average molecular weight is 1030 g/mol. The lowest BCUT2D eigenvalue weighted by Gasteiger charge is -2.18. The van der Waals surface area contributed by atoms with Crippen LogP contribution in [0.3, 0.4) is 0 Å². The van der Waals surface area contributed by atoms with Gasteiger partial charge in [-0.3, -0.25) is 14.4 Å². The van der Waals surface area contributed by atoms with Gasteiger partial charge in [0.15, 0.2) is 6.10 Å². The minimum absolute atomic E-state index is 0.0723. The Kier molecular flexibility index (Phi) is 59.7. The van der Waals surface area contributed by atoms with Gasteiger partial charge in [-0.2, -0.15) is 0 Å². The van der Waals surface area contributed by atoms with E-state index in [2.05, 4.69) is 93.7 Å². The van der Waals surface area contributed by atoms with Gasteiger partial charge in [0.05, 0.1) is 0 Å². The van der Waals surface area contributed by atoms with Crippen molar-refractivity contribution >= 4 is 17.9 Å². The van der Waals surface area contributed by atoms with E-state index in [1.807, 2.05) is 0 Å². The van der Waals surface area contributed by atoms with Crippen molar-refractivity contribution in [3.63, 3.8) is 0 Å². The number of esters is 3. The first-order valence-electron chi connectivity index (χ1n) is 31.9. The van der Waals surface area contributed by atoms with Crippen molar-refractivity contribution in [2.75, 3.05) is 13.2 Å². The van der Waals surface area contributed by atoms with Crippen LogP contribution >= 0.6 is 0 Å². The number of hydrogen-bond donors (Lipinski definition) is 0. The molecule has 1 unspecified atom stereocenters. The van der Waals surface area contributed by atoms with Crippen molar-refractivity contribution in [1.29, 1.82) is 0 Å². The van der Waals surface area contributed by atoms with Gasteiger partial charge in [-0.15, -0.1) is 0 Å². The average Bonchev–Trinajstić information content (AvgIpc) is 3.40. The maximum atomic E-state index is 12.8. The maximum absolute atomic E-state index is 12.8. The van der Waals surface area contributed by atoms with E-state index in [0.717, 1.165) is 103 Å². The Balaban J connectivity index is 3.97. The molecule has 0 saturated carbocycles. The van der Waals surface area contributed by atoms with E-state index >= 15 is 0 Å². The third-order valence-corrected chi connectivity index (χ3v) is 13.9. The molecule has 6 heteroatoms. The van der Waals surface area contributed by atoms with E-state index in [4.69, 9.17) is 14.2 Å². The molecule has 0 rings (SSSR count). The minimum Gasteiger partial charge on any atom is -0.462 e. The highest BCUT2D eigenvalue weighted by Crippen LogP contribution is 2.17. The molecule has 0 aliphatic carbocycles. The molecular formula is C68H120O6. The van der Waals surface area contributed by atoms with E-state index in [-0.39, 0.29) is 31.1 Å². The van der Waals surface area contributed by atoms with Crippen LogP contribution in [0.5, 0.6) is 0 Å². The summed E-state index contributed by atoms with van der Waals surface area (Å²) in [6.07, 6.45) is 80.9. The SMILES string of the molecule is CC/C=C\C/C=C\C/C=C\C/C=C\C/C=C\CCCCCCCCCCCCCCCCCCCCCC(=O)OCC(COC(=O)CCCCCCC/C=C\CCC)OC(=O)CCCCCCCCCCCCC. The van der Waals surface area contributed by atoms with Gasteiger partial charge in [0.25, 0.3) is 0 Å². The van der Waals surface area contributed by atoms with Crippen molar-refractivity contribution in [2.45, 2.75) is 329 Å². The lowest BCUT2D eigenvalue weighted by Crippen LogP contribution is -2.30. The van der Waals surface area contributed by atoms with Gasteiger partial charge in [-0.05, 0) is 83.5 Å². The fourth-order valence-electron chi connectivity index (χ4n) is 9.18. The lowest BCUT2D eigenvalue weighted by molar-refractivity contribution is -0.167. The molecule has 0 aromatic carbocycles. The monoisotopic (exact) mass is 1030 g/mol. The number of unbranched alkanes of at least 4 members (excludes halogenated alkanes) is 35. The molecule has 1 atom stereocenters. The summed E-state index contributed by atoms with van der Waals surface area (Å²) in [6, 6.07) is 0. The predicted molar refractivity (Wildman–Crippen MR) is 321 cm³/mol. The Bertz CT molecular complexity index is 1370. The molecule has 0 bridgehead atoms. The zero-order valence-corrected chi connectivity index (χ0v) is 49.1. The van der Waals surface area contributed by atoms with E-state index in [9.17, 15) is 14.4 Å². The van der Waals surface area contributed by atoms with Crippen molar-refractivity contribution in [3.8, 4) is 0 Å². The summed E-state index contributed by atoms with van der Waals surface area (Å²) in [6.45, 7) is 6.48. The highest BCUT2D eigenvalue weighted by atomic mass is 16.6. The normalized spacial score (nSPS) is 12.5. The van der Waals surface area contributed by atoms with Gasteiger partial charge in [-0.1, -0.05) is 293 Å². The highest BCUT2D eigenvalue weighted by Gasteiger charge is 2.19. The molecule has 0 N–H and O–H groups in total. The fraction of sp³-hybridized carbons (Fsp3) is 0.779. The van der Waals surface area contributed by atoms with Gasteiger partial charge >= 0.3 is 17.9 Å². The molecule has 0 aliphatic heterocycles. The molecule has 0 heterocycles. The third kappa shape index (κ3) is 59.7. The highest BCUT2D eigenvalue weighted by molar-refractivity contribution is 5.71. The Hall–Kier alpha value is -3.15. The van der Waals surface area contributed by atoms with E-state index in [1.54, 1.807) is 0 Å². The fourth-order valence-corrected chi connectivity index (χ4v) is 9.18. The van der Waals surface area contributed by atoms with Crippen LogP contribution in [0.4, 0.5) is 0 Å². The second-order valence-electron chi connectivity index (χ2n) is 21.3. The second kappa shape index (κ2) is 62.4. The van der Waals surface area contributed by atoms with Crippen molar-refractivity contribution < 1.29 is 28.6 Å². The Morgan fingerprint density at radius 2 is 0.554 bits per heavy atom. The quantitative estimate of drug-likeness (QED) is 0.0261. The van der Waals surface area contributed by atoms with Crippen LogP contribution < -0.4 is 0 Å². The molecule has 0 saturated heterocycles. The topological polar surface area (TPSA) is 78.9 Å². The van der Waals surface area contributed by atoms with Gasteiger partial charge in [0.1, 0.15) is 13.2 Å². The van der Waals surface area contributed by atoms with Gasteiger partial charge in [0.2, 0.25) is 0 Å². The molecule has 0 spiro atoms. The molecule has 0 aliphatic rings. The Morgan fingerprint density at radius 3 is 0.892 bits per heavy atom. The van der Waals surface area contributed by atoms with E-state index < -0.39 is 6.10 Å². The van der Waals surface area contributed by atoms with Crippen LogP contribution in [-0.4, -0.2) is 37.2 Å².